The minimum atomic E-state index is -0.0693. The largest absolute Gasteiger partial charge is 0.493 e. The average Bonchev–Trinajstić information content (AvgIpc) is 3.29. The number of nitrogens with zero attached hydrogens (tertiary/aromatic N) is 1. The lowest BCUT2D eigenvalue weighted by atomic mass is 9.99. The van der Waals surface area contributed by atoms with Crippen molar-refractivity contribution in [3.8, 4) is 11.5 Å². The number of ether oxygens (including phenoxy) is 2. The van der Waals surface area contributed by atoms with E-state index in [0.29, 0.717) is 11.5 Å². The lowest BCUT2D eigenvalue weighted by Gasteiger charge is -2.12. The van der Waals surface area contributed by atoms with Crippen molar-refractivity contribution in [2.45, 2.75) is 58.4 Å². The van der Waals surface area contributed by atoms with Gasteiger partial charge in [-0.15, -0.1) is 11.3 Å². The molecule has 2 rings (SSSR count). The molecule has 0 aliphatic rings. The number of hydrogen-bond donors (Lipinski definition) is 1. The van der Waals surface area contributed by atoms with E-state index < -0.39 is 0 Å². The lowest BCUT2D eigenvalue weighted by molar-refractivity contribution is -0.117. The van der Waals surface area contributed by atoms with Crippen LogP contribution in [0, 0.1) is 0 Å². The number of rotatable bonds is 13. The molecule has 31 heavy (non-hydrogen) atoms. The fourth-order valence-corrected chi connectivity index (χ4v) is 3.94. The molecule has 0 fully saturated rings. The monoisotopic (exact) mass is 442 g/mol. The van der Waals surface area contributed by atoms with Crippen LogP contribution in [0.3, 0.4) is 0 Å². The number of carbonyl (C=O) groups excluding carboxylic acids is 1. The highest BCUT2D eigenvalue weighted by molar-refractivity contribution is 7.09. The van der Waals surface area contributed by atoms with E-state index in [1.165, 1.54) is 5.57 Å². The van der Waals surface area contributed by atoms with Crippen LogP contribution < -0.4 is 14.8 Å². The maximum atomic E-state index is 12.3. The number of carbonyl (C=O) groups is 1. The fraction of sp³-hybridized carbons (Fsp3) is 0.440. The molecule has 0 aliphatic carbocycles. The van der Waals surface area contributed by atoms with Crippen LogP contribution >= 0.6 is 11.3 Å². The number of aryl methyl sites for hydroxylation is 1. The van der Waals surface area contributed by atoms with Crippen LogP contribution in [0.25, 0.3) is 5.57 Å². The molecule has 168 valence electrons. The predicted octanol–water partition coefficient (Wildman–Crippen LogP) is 5.82. The summed E-state index contributed by atoms with van der Waals surface area (Å²) >= 11 is 1.68. The first kappa shape index (κ1) is 24.7. The number of hydrogen-bond acceptors (Lipinski definition) is 5. The molecular formula is C25H34N2O3S. The van der Waals surface area contributed by atoms with Crippen LogP contribution in [-0.2, 0) is 11.2 Å². The molecule has 0 saturated carbocycles. The van der Waals surface area contributed by atoms with Crippen LogP contribution in [0.1, 0.15) is 56.5 Å². The van der Waals surface area contributed by atoms with Crippen molar-refractivity contribution in [2.75, 3.05) is 14.2 Å². The summed E-state index contributed by atoms with van der Waals surface area (Å²) in [6.45, 7) is 4.21. The van der Waals surface area contributed by atoms with Gasteiger partial charge < -0.3 is 14.8 Å². The Bertz CT molecular complexity index is 860. The van der Waals surface area contributed by atoms with E-state index in [9.17, 15) is 4.79 Å². The number of methoxy groups -OCH3 is 2. The summed E-state index contributed by atoms with van der Waals surface area (Å²) in [7, 11) is 3.27. The van der Waals surface area contributed by atoms with E-state index in [2.05, 4.69) is 17.2 Å². The Labute approximate surface area is 190 Å². The van der Waals surface area contributed by atoms with Crippen molar-refractivity contribution >= 4 is 22.8 Å². The first-order chi connectivity index (χ1) is 15.1. The van der Waals surface area contributed by atoms with Crippen LogP contribution in [0.15, 0.2) is 48.0 Å². The standard InChI is InChI=1S/C25H34N2O3S/c1-5-6-10-20(21-14-15-22(29-3)23(18-21)30-4)11-8-12-24(28)27-19(2)9-7-13-25-26-16-17-31-25/h8,11-12,14-19H,5-7,9-10,13H2,1-4H3,(H,27,28)/t19-/m1/s1. The molecule has 1 atom stereocenters. The van der Waals surface area contributed by atoms with Gasteiger partial charge in [0.25, 0.3) is 0 Å². The smallest absolute Gasteiger partial charge is 0.244 e. The zero-order chi connectivity index (χ0) is 22.5. The average molecular weight is 443 g/mol. The molecule has 0 radical (unpaired) electrons. The van der Waals surface area contributed by atoms with Gasteiger partial charge in [0.1, 0.15) is 0 Å². The zero-order valence-corrected chi connectivity index (χ0v) is 19.8. The number of amides is 1. The molecule has 1 N–H and O–H groups in total. The van der Waals surface area contributed by atoms with Gasteiger partial charge in [-0.3, -0.25) is 4.79 Å². The molecule has 0 saturated heterocycles. The molecule has 1 aromatic carbocycles. The molecule has 1 heterocycles. The number of nitrogens with one attached hydrogen (secondary N) is 1. The van der Waals surface area contributed by atoms with Crippen LogP contribution in [-0.4, -0.2) is 31.2 Å². The number of thiazole rings is 1. The van der Waals surface area contributed by atoms with Gasteiger partial charge in [0, 0.05) is 23.7 Å². The molecule has 0 unspecified atom stereocenters. The summed E-state index contributed by atoms with van der Waals surface area (Å²) in [5, 5.41) is 6.19. The number of allylic oxidation sites excluding steroid dienone is 3. The third kappa shape index (κ3) is 8.58. The summed E-state index contributed by atoms with van der Waals surface area (Å²) in [5.74, 6) is 1.34. The predicted molar refractivity (Wildman–Crippen MR) is 129 cm³/mol. The highest BCUT2D eigenvalue weighted by atomic mass is 32.1. The summed E-state index contributed by atoms with van der Waals surface area (Å²) < 4.78 is 10.8. The van der Waals surface area contributed by atoms with Gasteiger partial charge in [-0.2, -0.15) is 0 Å². The summed E-state index contributed by atoms with van der Waals surface area (Å²) in [6, 6.07) is 6.06. The Morgan fingerprint density at radius 1 is 1.23 bits per heavy atom. The highest BCUT2D eigenvalue weighted by Crippen LogP contribution is 2.32. The molecular weight excluding hydrogens is 408 g/mol. The Hall–Kier alpha value is -2.60. The second kappa shape index (κ2) is 13.7. The highest BCUT2D eigenvalue weighted by Gasteiger charge is 2.08. The third-order valence-corrected chi connectivity index (χ3v) is 5.84. The van der Waals surface area contributed by atoms with Crippen molar-refractivity contribution in [3.63, 3.8) is 0 Å². The first-order valence-corrected chi connectivity index (χ1v) is 11.7. The molecule has 0 spiro atoms. The minimum Gasteiger partial charge on any atom is -0.493 e. The number of aromatic nitrogens is 1. The van der Waals surface area contributed by atoms with Crippen LogP contribution in [0.2, 0.25) is 0 Å². The molecule has 1 amide bonds. The fourth-order valence-electron chi connectivity index (χ4n) is 3.28. The van der Waals surface area contributed by atoms with Gasteiger partial charge in [-0.1, -0.05) is 31.6 Å². The lowest BCUT2D eigenvalue weighted by Crippen LogP contribution is -2.31. The van der Waals surface area contributed by atoms with Crippen molar-refractivity contribution in [1.82, 2.24) is 10.3 Å². The van der Waals surface area contributed by atoms with Crippen molar-refractivity contribution in [2.24, 2.45) is 0 Å². The molecule has 2 aromatic rings. The van der Waals surface area contributed by atoms with Gasteiger partial charge in [0.05, 0.1) is 19.2 Å². The maximum Gasteiger partial charge on any atom is 0.244 e. The molecule has 5 nitrogen and oxygen atoms in total. The molecule has 0 bridgehead atoms. The number of benzene rings is 1. The third-order valence-electron chi connectivity index (χ3n) is 5.00. The Balaban J connectivity index is 1.94. The SMILES string of the molecule is CCCCC(=CC=CC(=O)N[C@H](C)CCCc1nccs1)c1ccc(OC)c(OC)c1. The quantitative estimate of drug-likeness (QED) is 0.314. The zero-order valence-electron chi connectivity index (χ0n) is 19.0. The van der Waals surface area contributed by atoms with Gasteiger partial charge in [-0.05, 0) is 62.3 Å². The van der Waals surface area contributed by atoms with Gasteiger partial charge >= 0.3 is 0 Å². The minimum absolute atomic E-state index is 0.0693. The van der Waals surface area contributed by atoms with Crippen LogP contribution in [0.5, 0.6) is 11.5 Å². The van der Waals surface area contributed by atoms with E-state index in [4.69, 9.17) is 9.47 Å². The summed E-state index contributed by atoms with van der Waals surface area (Å²) in [4.78, 5) is 16.6. The van der Waals surface area contributed by atoms with E-state index in [0.717, 1.165) is 49.1 Å². The number of unbranched alkanes of at least 4 members (excludes halogenated alkanes) is 1. The second-order valence-electron chi connectivity index (χ2n) is 7.45. The molecule has 1 aromatic heterocycles. The molecule has 6 heteroatoms. The van der Waals surface area contributed by atoms with E-state index in [1.54, 1.807) is 31.6 Å². The van der Waals surface area contributed by atoms with E-state index >= 15 is 0 Å². The maximum absolute atomic E-state index is 12.3. The van der Waals surface area contributed by atoms with Gasteiger partial charge in [0.2, 0.25) is 5.91 Å². The topological polar surface area (TPSA) is 60.5 Å². The van der Waals surface area contributed by atoms with Gasteiger partial charge in [-0.25, -0.2) is 4.98 Å². The summed E-state index contributed by atoms with van der Waals surface area (Å²) in [6.07, 6.45) is 13.3. The van der Waals surface area contributed by atoms with Crippen molar-refractivity contribution < 1.29 is 14.3 Å². The van der Waals surface area contributed by atoms with Crippen molar-refractivity contribution in [3.05, 3.63) is 58.6 Å². The first-order valence-electron chi connectivity index (χ1n) is 10.9. The van der Waals surface area contributed by atoms with E-state index in [1.807, 2.05) is 48.9 Å². The Kier molecular flexibility index (Phi) is 10.9. The molecule has 0 aliphatic heterocycles. The Morgan fingerprint density at radius 2 is 2.03 bits per heavy atom. The Morgan fingerprint density at radius 3 is 2.71 bits per heavy atom. The van der Waals surface area contributed by atoms with Crippen LogP contribution in [0.4, 0.5) is 0 Å². The van der Waals surface area contributed by atoms with Gasteiger partial charge in [0.15, 0.2) is 11.5 Å². The normalized spacial score (nSPS) is 12.7. The van der Waals surface area contributed by atoms with E-state index in [-0.39, 0.29) is 11.9 Å². The summed E-state index contributed by atoms with van der Waals surface area (Å²) in [5.41, 5.74) is 2.25. The van der Waals surface area contributed by atoms with Crippen molar-refractivity contribution in [1.29, 1.82) is 0 Å². The second-order valence-corrected chi connectivity index (χ2v) is 8.43.